The van der Waals surface area contributed by atoms with Crippen LogP contribution in [0, 0.1) is 23.2 Å². The van der Waals surface area contributed by atoms with Gasteiger partial charge in [-0.05, 0) is 56.3 Å². The van der Waals surface area contributed by atoms with Crippen LogP contribution in [-0.4, -0.2) is 5.97 Å². The van der Waals surface area contributed by atoms with Gasteiger partial charge < -0.3 is 9.90 Å². The number of carbonyl (C=O) groups excluding carboxylic acids is 1. The van der Waals surface area contributed by atoms with Crippen LogP contribution in [0.15, 0.2) is 0 Å². The SMILES string of the molecule is O=C([O-])C12CC3CC(CC(C3)C1)C2.[Li+]. The van der Waals surface area contributed by atoms with Crippen LogP contribution in [0.2, 0.25) is 0 Å². The molecule has 14 heavy (non-hydrogen) atoms. The zero-order chi connectivity index (χ0) is 9.05. The second-order valence-electron chi connectivity index (χ2n) is 5.49. The molecule has 0 aromatic carbocycles. The average molecular weight is 186 g/mol. The van der Waals surface area contributed by atoms with Crippen molar-refractivity contribution in [2.24, 2.45) is 23.2 Å². The van der Waals surface area contributed by atoms with Gasteiger partial charge in [-0.2, -0.15) is 0 Å². The van der Waals surface area contributed by atoms with Gasteiger partial charge in [-0.15, -0.1) is 0 Å². The summed E-state index contributed by atoms with van der Waals surface area (Å²) in [4.78, 5) is 11.1. The van der Waals surface area contributed by atoms with Gasteiger partial charge in [0.2, 0.25) is 0 Å². The van der Waals surface area contributed by atoms with Gasteiger partial charge in [0.25, 0.3) is 0 Å². The van der Waals surface area contributed by atoms with Gasteiger partial charge >= 0.3 is 18.9 Å². The van der Waals surface area contributed by atoms with Gasteiger partial charge in [-0.1, -0.05) is 0 Å². The number of carboxylic acid groups (broad SMARTS) is 1. The predicted octanol–water partition coefficient (Wildman–Crippen LogP) is -2.04. The van der Waals surface area contributed by atoms with Gasteiger partial charge in [0.15, 0.2) is 0 Å². The molecule has 0 spiro atoms. The Hall–Kier alpha value is 0.0674. The molecular formula is C11H15LiO2. The number of rotatable bonds is 1. The van der Waals surface area contributed by atoms with Crippen LogP contribution in [0.4, 0.5) is 0 Å². The van der Waals surface area contributed by atoms with Crippen LogP contribution >= 0.6 is 0 Å². The maximum absolute atomic E-state index is 11.1. The fourth-order valence-corrected chi connectivity index (χ4v) is 4.36. The fourth-order valence-electron chi connectivity index (χ4n) is 4.36. The molecule has 0 unspecified atom stereocenters. The molecule has 3 heteroatoms. The summed E-state index contributed by atoms with van der Waals surface area (Å²) >= 11 is 0. The second-order valence-corrected chi connectivity index (χ2v) is 5.49. The van der Waals surface area contributed by atoms with Gasteiger partial charge in [0, 0.05) is 11.4 Å². The summed E-state index contributed by atoms with van der Waals surface area (Å²) in [5, 5.41) is 11.1. The third kappa shape index (κ3) is 1.35. The average Bonchev–Trinajstić information content (AvgIpc) is 2.00. The minimum Gasteiger partial charge on any atom is -0.550 e. The normalized spacial score (nSPS) is 48.7. The molecule has 0 aromatic heterocycles. The summed E-state index contributed by atoms with van der Waals surface area (Å²) in [5.41, 5.74) is -0.394. The molecule has 0 N–H and O–H groups in total. The molecule has 2 nitrogen and oxygen atoms in total. The summed E-state index contributed by atoms with van der Waals surface area (Å²) in [5.74, 6) is 1.38. The molecule has 4 rings (SSSR count). The predicted molar refractivity (Wildman–Crippen MR) is 45.6 cm³/mol. The summed E-state index contributed by atoms with van der Waals surface area (Å²) in [6.07, 6.45) is 6.65. The van der Waals surface area contributed by atoms with Gasteiger partial charge in [-0.3, -0.25) is 0 Å². The monoisotopic (exact) mass is 186 g/mol. The van der Waals surface area contributed by atoms with Crippen molar-refractivity contribution < 1.29 is 28.8 Å². The Morgan fingerprint density at radius 1 is 1.00 bits per heavy atom. The Labute approximate surface area is 96.6 Å². The van der Waals surface area contributed by atoms with Crippen molar-refractivity contribution in [3.05, 3.63) is 0 Å². The van der Waals surface area contributed by atoms with Crippen LogP contribution in [0.1, 0.15) is 38.5 Å². The summed E-state index contributed by atoms with van der Waals surface area (Å²) < 4.78 is 0. The van der Waals surface area contributed by atoms with Crippen molar-refractivity contribution in [3.8, 4) is 0 Å². The molecule has 72 valence electrons. The fraction of sp³-hybridized carbons (Fsp3) is 0.909. The standard InChI is InChI=1S/C11H16O2.Li/c12-10(13)11-4-7-1-8(5-11)3-9(2-7)6-11;/h7-9H,1-6H2,(H,12,13);/q;+1/p-1. The molecule has 4 saturated carbocycles. The molecule has 0 heterocycles. The van der Waals surface area contributed by atoms with E-state index >= 15 is 0 Å². The Morgan fingerprint density at radius 3 is 1.64 bits per heavy atom. The third-order valence-electron chi connectivity index (χ3n) is 4.47. The zero-order valence-corrected chi connectivity index (χ0v) is 8.79. The van der Waals surface area contributed by atoms with E-state index in [1.54, 1.807) is 0 Å². The molecule has 4 fully saturated rings. The number of hydrogen-bond donors (Lipinski definition) is 0. The first-order valence-electron chi connectivity index (χ1n) is 5.39. The van der Waals surface area contributed by atoms with Gasteiger partial charge in [0.1, 0.15) is 0 Å². The molecule has 4 aliphatic rings. The minimum absolute atomic E-state index is 0. The van der Waals surface area contributed by atoms with Crippen molar-refractivity contribution in [2.45, 2.75) is 38.5 Å². The van der Waals surface area contributed by atoms with Crippen LogP contribution in [0.5, 0.6) is 0 Å². The van der Waals surface area contributed by atoms with Gasteiger partial charge in [-0.25, -0.2) is 0 Å². The van der Waals surface area contributed by atoms with Crippen LogP contribution < -0.4 is 24.0 Å². The van der Waals surface area contributed by atoms with E-state index in [9.17, 15) is 9.90 Å². The molecule has 0 radical (unpaired) electrons. The second kappa shape index (κ2) is 3.29. The van der Waals surface area contributed by atoms with Crippen LogP contribution in [0.3, 0.4) is 0 Å². The van der Waals surface area contributed by atoms with E-state index in [1.807, 2.05) is 0 Å². The van der Waals surface area contributed by atoms with E-state index in [-0.39, 0.29) is 18.9 Å². The molecule has 4 aliphatic carbocycles. The van der Waals surface area contributed by atoms with E-state index in [1.165, 1.54) is 19.3 Å². The Kier molecular flexibility index (Phi) is 2.48. The van der Waals surface area contributed by atoms with Crippen molar-refractivity contribution in [1.82, 2.24) is 0 Å². The molecule has 0 aromatic rings. The first-order chi connectivity index (χ1) is 6.18. The third-order valence-corrected chi connectivity index (χ3v) is 4.47. The number of aliphatic carboxylic acids is 1. The van der Waals surface area contributed by atoms with E-state index < -0.39 is 11.4 Å². The zero-order valence-electron chi connectivity index (χ0n) is 8.79. The van der Waals surface area contributed by atoms with Crippen molar-refractivity contribution in [1.29, 1.82) is 0 Å². The largest absolute Gasteiger partial charge is 1.00 e. The van der Waals surface area contributed by atoms with E-state index in [0.29, 0.717) is 17.8 Å². The summed E-state index contributed by atoms with van der Waals surface area (Å²) in [7, 11) is 0. The summed E-state index contributed by atoms with van der Waals surface area (Å²) in [6.45, 7) is 0. The van der Waals surface area contributed by atoms with E-state index in [4.69, 9.17) is 0 Å². The van der Waals surface area contributed by atoms with Crippen molar-refractivity contribution in [3.63, 3.8) is 0 Å². The van der Waals surface area contributed by atoms with E-state index in [0.717, 1.165) is 19.3 Å². The number of carboxylic acids is 1. The first-order valence-corrected chi connectivity index (χ1v) is 5.39. The quantitative estimate of drug-likeness (QED) is 0.442. The van der Waals surface area contributed by atoms with Crippen LogP contribution in [-0.2, 0) is 4.79 Å². The number of carbonyl (C=O) groups is 1. The molecule has 0 aliphatic heterocycles. The minimum atomic E-state index is -0.758. The molecule has 0 amide bonds. The topological polar surface area (TPSA) is 40.1 Å². The Bertz CT molecular complexity index is 227. The molecular weight excluding hydrogens is 171 g/mol. The Morgan fingerprint density at radius 2 is 1.36 bits per heavy atom. The number of hydrogen-bond acceptors (Lipinski definition) is 2. The van der Waals surface area contributed by atoms with Crippen molar-refractivity contribution in [2.75, 3.05) is 0 Å². The van der Waals surface area contributed by atoms with Gasteiger partial charge in [0.05, 0.1) is 0 Å². The maximum Gasteiger partial charge on any atom is 1.00 e. The van der Waals surface area contributed by atoms with Crippen LogP contribution in [0.25, 0.3) is 0 Å². The molecule has 0 saturated heterocycles. The maximum atomic E-state index is 11.1. The summed E-state index contributed by atoms with van der Waals surface area (Å²) in [6, 6.07) is 0. The Balaban J connectivity index is 0.000000750. The smallest absolute Gasteiger partial charge is 0.550 e. The molecule has 4 bridgehead atoms. The van der Waals surface area contributed by atoms with Crippen molar-refractivity contribution >= 4 is 5.97 Å². The van der Waals surface area contributed by atoms with E-state index in [2.05, 4.69) is 0 Å². The first kappa shape index (κ1) is 10.6. The molecule has 0 atom stereocenters.